The lowest BCUT2D eigenvalue weighted by atomic mass is 10.0. The van der Waals surface area contributed by atoms with Crippen LogP contribution in [0, 0.1) is 6.92 Å². The second-order valence-corrected chi connectivity index (χ2v) is 12.5. The van der Waals surface area contributed by atoms with E-state index in [2.05, 4.69) is 35.8 Å². The number of rotatable bonds is 9. The molecule has 0 aliphatic carbocycles. The van der Waals surface area contributed by atoms with E-state index in [4.69, 9.17) is 17.3 Å². The van der Waals surface area contributed by atoms with Crippen LogP contribution >= 0.6 is 11.6 Å². The molecule has 0 atom stereocenters. The average molecular weight is 659 g/mol. The summed E-state index contributed by atoms with van der Waals surface area (Å²) < 4.78 is 68.6. The highest BCUT2D eigenvalue weighted by molar-refractivity contribution is 7.86. The lowest BCUT2D eigenvalue weighted by Crippen LogP contribution is -2.15. The molecular formula is C26H23ClN8O7S2. The van der Waals surface area contributed by atoms with Crippen molar-refractivity contribution < 1.29 is 31.0 Å². The molecule has 0 bridgehead atoms. The molecule has 0 radical (unpaired) electrons. The van der Waals surface area contributed by atoms with Gasteiger partial charge in [-0.1, -0.05) is 30.3 Å². The second-order valence-electron chi connectivity index (χ2n) is 9.34. The van der Waals surface area contributed by atoms with Gasteiger partial charge in [0.25, 0.3) is 20.2 Å². The van der Waals surface area contributed by atoms with Crippen molar-refractivity contribution >= 4 is 82.3 Å². The van der Waals surface area contributed by atoms with E-state index >= 15 is 0 Å². The van der Waals surface area contributed by atoms with Gasteiger partial charge in [0.1, 0.15) is 16.3 Å². The zero-order valence-corrected chi connectivity index (χ0v) is 25.0. The molecule has 0 saturated carbocycles. The Hall–Kier alpha value is -4.52. The fraction of sp³-hybridized carbons (Fsp3) is 0.115. The maximum absolute atomic E-state index is 12.3. The Morgan fingerprint density at radius 2 is 1.64 bits per heavy atom. The van der Waals surface area contributed by atoms with Crippen LogP contribution in [0.4, 0.5) is 29.0 Å². The summed E-state index contributed by atoms with van der Waals surface area (Å²) in [7, 11) is -9.45. The zero-order valence-electron chi connectivity index (χ0n) is 22.6. The van der Waals surface area contributed by atoms with Crippen LogP contribution in [0.15, 0.2) is 74.6 Å². The quantitative estimate of drug-likeness (QED) is 0.0915. The van der Waals surface area contributed by atoms with Gasteiger partial charge >= 0.3 is 0 Å². The molecule has 228 valence electrons. The van der Waals surface area contributed by atoms with Crippen LogP contribution in [0.2, 0.25) is 5.28 Å². The maximum Gasteiger partial charge on any atom is 0.297 e. The normalized spacial score (nSPS) is 12.3. The first-order valence-corrected chi connectivity index (χ1v) is 15.8. The number of nitrogens with one attached hydrogen (secondary N) is 2. The molecule has 0 aliphatic heterocycles. The first-order chi connectivity index (χ1) is 20.8. The maximum atomic E-state index is 12.3. The van der Waals surface area contributed by atoms with E-state index < -0.39 is 35.8 Å². The van der Waals surface area contributed by atoms with Gasteiger partial charge in [0.2, 0.25) is 17.2 Å². The molecule has 1 heterocycles. The number of nitrogens with zero attached hydrogens (tertiary/aromatic N) is 5. The summed E-state index contributed by atoms with van der Waals surface area (Å²) in [4.78, 5) is 11.1. The molecule has 5 aromatic rings. The smallest absolute Gasteiger partial charge is 0.297 e. The number of aromatic hydroxyl groups is 1. The summed E-state index contributed by atoms with van der Waals surface area (Å²) in [6.07, 6.45) is 0. The van der Waals surface area contributed by atoms with Crippen LogP contribution in [0.5, 0.6) is 5.75 Å². The van der Waals surface area contributed by atoms with Gasteiger partial charge in [-0.25, -0.2) is 0 Å². The molecule has 0 aliphatic rings. The van der Waals surface area contributed by atoms with Gasteiger partial charge in [0.05, 0.1) is 10.6 Å². The molecule has 0 saturated heterocycles. The molecule has 0 spiro atoms. The van der Waals surface area contributed by atoms with Crippen molar-refractivity contribution in [3.8, 4) is 5.75 Å². The molecule has 44 heavy (non-hydrogen) atoms. The van der Waals surface area contributed by atoms with Crippen LogP contribution in [0.25, 0.3) is 21.5 Å². The molecule has 15 nitrogen and oxygen atoms in total. The molecule has 0 fully saturated rings. The van der Waals surface area contributed by atoms with Gasteiger partial charge in [-0.05, 0) is 59.1 Å². The molecule has 7 N–H and O–H groups in total. The summed E-state index contributed by atoms with van der Waals surface area (Å²) in [5, 5.41) is 25.9. The predicted molar refractivity (Wildman–Crippen MR) is 164 cm³/mol. The minimum atomic E-state index is -4.74. The number of phenolic OH excluding ortho intramolecular Hbond substituents is 1. The van der Waals surface area contributed by atoms with Crippen molar-refractivity contribution in [1.29, 1.82) is 0 Å². The Kier molecular flexibility index (Phi) is 8.34. The first kappa shape index (κ1) is 30.9. The number of benzene rings is 4. The summed E-state index contributed by atoms with van der Waals surface area (Å²) in [6.45, 7) is 2.13. The number of fused-ring (bicyclic) bond motifs is 2. The Balaban J connectivity index is 1.69. The van der Waals surface area contributed by atoms with E-state index in [9.17, 15) is 31.0 Å². The van der Waals surface area contributed by atoms with E-state index in [-0.39, 0.29) is 56.9 Å². The van der Waals surface area contributed by atoms with Gasteiger partial charge in [-0.3, -0.25) is 9.11 Å². The minimum Gasteiger partial charge on any atom is -0.505 e. The number of nitrogens with two attached hydrogens (primary N) is 1. The number of aromatic nitrogens is 3. The first-order valence-electron chi connectivity index (χ1n) is 12.6. The summed E-state index contributed by atoms with van der Waals surface area (Å²) >= 11 is 6.03. The van der Waals surface area contributed by atoms with Crippen LogP contribution in [0.1, 0.15) is 5.56 Å². The fourth-order valence-electron chi connectivity index (χ4n) is 4.47. The molecule has 0 unspecified atom stereocenters. The van der Waals surface area contributed by atoms with Gasteiger partial charge in [-0.2, -0.15) is 31.8 Å². The van der Waals surface area contributed by atoms with E-state index in [1.54, 1.807) is 31.2 Å². The highest BCUT2D eigenvalue weighted by atomic mass is 35.5. The van der Waals surface area contributed by atoms with E-state index in [1.165, 1.54) is 18.2 Å². The lowest BCUT2D eigenvalue weighted by molar-refractivity contribution is 0.480. The highest BCUT2D eigenvalue weighted by Crippen LogP contribution is 2.44. The standard InChI is InChI=1S/C26H23ClN8O7S2/c1-13-10-15-11-16(43(37,38)39)12-19(30-26-32-24(27)31-25(33-26)29-9-8-28)20(15)22(36)21(13)35-34-18-7-6-14-4-2-3-5-17(14)23(18)44(40,41)42/h2-7,10-12,36H,8-9,28H2,1H3,(H,37,38,39)(H,40,41,42)(H2,29,30,31,32,33). The summed E-state index contributed by atoms with van der Waals surface area (Å²) in [5.74, 6) is -0.563. The third-order valence-electron chi connectivity index (χ3n) is 6.30. The molecule has 4 aromatic carbocycles. The second kappa shape index (κ2) is 11.9. The monoisotopic (exact) mass is 658 g/mol. The molecule has 5 rings (SSSR count). The molecule has 0 amide bonds. The minimum absolute atomic E-state index is 0.0264. The van der Waals surface area contributed by atoms with E-state index in [0.717, 1.165) is 12.1 Å². The van der Waals surface area contributed by atoms with Crippen LogP contribution < -0.4 is 16.4 Å². The summed E-state index contributed by atoms with van der Waals surface area (Å²) in [6, 6.07) is 13.1. The van der Waals surface area contributed by atoms with Crippen molar-refractivity contribution in [2.75, 3.05) is 23.7 Å². The Morgan fingerprint density at radius 3 is 2.34 bits per heavy atom. The van der Waals surface area contributed by atoms with Crippen molar-refractivity contribution in [3.63, 3.8) is 0 Å². The Bertz CT molecular complexity index is 2200. The summed E-state index contributed by atoms with van der Waals surface area (Å²) in [5.41, 5.74) is 5.45. The molecular weight excluding hydrogens is 636 g/mol. The SMILES string of the molecule is Cc1cc2cc(S(=O)(=O)O)cc(Nc3nc(Cl)nc(NCCN)n3)c2c(O)c1N=Nc1ccc2ccccc2c1S(=O)(=O)O. The number of hydrogen-bond donors (Lipinski definition) is 6. The van der Waals surface area contributed by atoms with Crippen molar-refractivity contribution in [2.45, 2.75) is 16.7 Å². The number of hydrogen-bond acceptors (Lipinski definition) is 13. The van der Waals surface area contributed by atoms with Crippen LogP contribution in [-0.2, 0) is 20.2 Å². The van der Waals surface area contributed by atoms with E-state index in [0.29, 0.717) is 17.5 Å². The largest absolute Gasteiger partial charge is 0.505 e. The average Bonchev–Trinajstić information content (AvgIpc) is 2.94. The Morgan fingerprint density at radius 1 is 0.909 bits per heavy atom. The number of halogens is 1. The van der Waals surface area contributed by atoms with Gasteiger partial charge < -0.3 is 21.5 Å². The predicted octanol–water partition coefficient (Wildman–Crippen LogP) is 4.87. The number of phenols is 1. The van der Waals surface area contributed by atoms with Crippen molar-refractivity contribution in [1.82, 2.24) is 15.0 Å². The third kappa shape index (κ3) is 6.37. The zero-order chi connectivity index (χ0) is 31.8. The topological polar surface area (TPSA) is 242 Å². The van der Waals surface area contributed by atoms with Crippen molar-refractivity contribution in [2.24, 2.45) is 16.0 Å². The van der Waals surface area contributed by atoms with E-state index in [1.807, 2.05) is 0 Å². The number of azo groups is 1. The number of aryl methyl sites for hydroxylation is 1. The number of anilines is 3. The van der Waals surface area contributed by atoms with Gasteiger partial charge in [0.15, 0.2) is 5.75 Å². The van der Waals surface area contributed by atoms with Gasteiger partial charge in [0, 0.05) is 23.9 Å². The van der Waals surface area contributed by atoms with Crippen LogP contribution in [0.3, 0.4) is 0 Å². The van der Waals surface area contributed by atoms with Crippen LogP contribution in [-0.4, -0.2) is 59.1 Å². The van der Waals surface area contributed by atoms with Gasteiger partial charge in [-0.15, -0.1) is 10.2 Å². The molecule has 1 aromatic heterocycles. The third-order valence-corrected chi connectivity index (χ3v) is 8.25. The highest BCUT2D eigenvalue weighted by Gasteiger charge is 2.22. The molecule has 18 heteroatoms. The van der Waals surface area contributed by atoms with Crippen molar-refractivity contribution in [3.05, 3.63) is 65.4 Å². The lowest BCUT2D eigenvalue weighted by Gasteiger charge is -2.15. The fourth-order valence-corrected chi connectivity index (χ4v) is 6.01. The Labute approximate surface area is 255 Å².